The first-order valence-corrected chi connectivity index (χ1v) is 7.59. The second-order valence-corrected chi connectivity index (χ2v) is 6.22. The minimum atomic E-state index is -3.36. The number of hydrogen-bond acceptors (Lipinski definition) is 4. The van der Waals surface area contributed by atoms with Crippen molar-refractivity contribution in [2.75, 3.05) is 26.2 Å². The predicted octanol–water partition coefficient (Wildman–Crippen LogP) is 0.0314. The maximum absolute atomic E-state index is 12.2. The molecule has 0 spiro atoms. The van der Waals surface area contributed by atoms with Gasteiger partial charge in [-0.3, -0.25) is 0 Å². The van der Waals surface area contributed by atoms with E-state index in [1.165, 1.54) is 8.61 Å². The Balaban J connectivity index is 2.68. The largest absolute Gasteiger partial charge is 0.409 e. The Kier molecular flexibility index (Phi) is 5.36. The van der Waals surface area contributed by atoms with Crippen molar-refractivity contribution in [1.82, 2.24) is 8.61 Å². The second kappa shape index (κ2) is 6.35. The number of piperidine rings is 1. The highest BCUT2D eigenvalue weighted by Crippen LogP contribution is 2.21. The van der Waals surface area contributed by atoms with Crippen molar-refractivity contribution in [3.05, 3.63) is 0 Å². The normalized spacial score (nSPS) is 20.5. The summed E-state index contributed by atoms with van der Waals surface area (Å²) in [6.07, 6.45) is 1.19. The van der Waals surface area contributed by atoms with Crippen LogP contribution in [-0.4, -0.2) is 54.3 Å². The average Bonchev–Trinajstić information content (AvgIpc) is 2.39. The molecule has 106 valence electrons. The van der Waals surface area contributed by atoms with Gasteiger partial charge in [0, 0.05) is 32.1 Å². The van der Waals surface area contributed by atoms with Gasteiger partial charge in [-0.25, -0.2) is 0 Å². The van der Waals surface area contributed by atoms with Crippen molar-refractivity contribution in [2.24, 2.45) is 16.8 Å². The summed E-state index contributed by atoms with van der Waals surface area (Å²) in [7, 11) is -3.36. The molecule has 1 aliphatic heterocycles. The highest BCUT2D eigenvalue weighted by atomic mass is 32.2. The smallest absolute Gasteiger partial charge is 0.281 e. The molecule has 0 radical (unpaired) electrons. The van der Waals surface area contributed by atoms with Gasteiger partial charge in [-0.1, -0.05) is 19.0 Å². The quantitative estimate of drug-likeness (QED) is 0.321. The van der Waals surface area contributed by atoms with Gasteiger partial charge in [0.2, 0.25) is 0 Å². The molecule has 7 nitrogen and oxygen atoms in total. The summed E-state index contributed by atoms with van der Waals surface area (Å²) in [5.41, 5.74) is 5.54. The topological polar surface area (TPSA) is 99.2 Å². The van der Waals surface area contributed by atoms with E-state index in [0.29, 0.717) is 39.0 Å². The molecular formula is C10H22N4O3S. The zero-order valence-corrected chi connectivity index (χ0v) is 11.7. The van der Waals surface area contributed by atoms with E-state index >= 15 is 0 Å². The maximum atomic E-state index is 12.2. The van der Waals surface area contributed by atoms with Crippen LogP contribution in [0.2, 0.25) is 0 Å². The molecule has 0 unspecified atom stereocenters. The summed E-state index contributed by atoms with van der Waals surface area (Å²) in [5, 5.41) is 11.6. The van der Waals surface area contributed by atoms with Crippen LogP contribution in [-0.2, 0) is 10.2 Å². The Hall–Kier alpha value is -0.860. The van der Waals surface area contributed by atoms with Gasteiger partial charge in [0.15, 0.2) is 0 Å². The molecule has 18 heavy (non-hydrogen) atoms. The highest BCUT2D eigenvalue weighted by molar-refractivity contribution is 7.86. The van der Waals surface area contributed by atoms with Crippen LogP contribution in [0.4, 0.5) is 0 Å². The molecule has 0 saturated carbocycles. The third-order valence-electron chi connectivity index (χ3n) is 3.35. The molecule has 1 fully saturated rings. The van der Waals surface area contributed by atoms with E-state index in [4.69, 9.17) is 10.9 Å². The van der Waals surface area contributed by atoms with Crippen molar-refractivity contribution < 1.29 is 13.6 Å². The molecule has 1 aliphatic rings. The minimum absolute atomic E-state index is 0.0295. The zero-order chi connectivity index (χ0) is 13.8. The van der Waals surface area contributed by atoms with Crippen LogP contribution in [0.5, 0.6) is 0 Å². The number of hydrogen-bond donors (Lipinski definition) is 2. The predicted molar refractivity (Wildman–Crippen MR) is 69.5 cm³/mol. The maximum Gasteiger partial charge on any atom is 0.281 e. The van der Waals surface area contributed by atoms with E-state index in [1.807, 2.05) is 13.8 Å². The Bertz CT molecular complexity index is 384. The Labute approximate surface area is 108 Å². The third kappa shape index (κ3) is 3.12. The van der Waals surface area contributed by atoms with Gasteiger partial charge in [-0.2, -0.15) is 17.0 Å². The first kappa shape index (κ1) is 15.2. The van der Waals surface area contributed by atoms with Crippen molar-refractivity contribution in [1.29, 1.82) is 0 Å². The molecular weight excluding hydrogens is 256 g/mol. The fourth-order valence-corrected chi connectivity index (χ4v) is 3.83. The monoisotopic (exact) mass is 278 g/mol. The van der Waals surface area contributed by atoms with Crippen LogP contribution in [0.25, 0.3) is 0 Å². The SMILES string of the molecule is CCN(CC)S(=O)(=O)N1CCC(C(N)=NO)CC1. The summed E-state index contributed by atoms with van der Waals surface area (Å²) in [4.78, 5) is 0. The zero-order valence-electron chi connectivity index (χ0n) is 10.9. The molecule has 0 aromatic carbocycles. The van der Waals surface area contributed by atoms with Crippen LogP contribution in [0.15, 0.2) is 5.16 Å². The van der Waals surface area contributed by atoms with Crippen molar-refractivity contribution in [2.45, 2.75) is 26.7 Å². The van der Waals surface area contributed by atoms with Crippen LogP contribution in [0, 0.1) is 5.92 Å². The average molecular weight is 278 g/mol. The van der Waals surface area contributed by atoms with E-state index in [0.717, 1.165) is 0 Å². The number of nitrogens with two attached hydrogens (primary N) is 1. The third-order valence-corrected chi connectivity index (χ3v) is 5.53. The van der Waals surface area contributed by atoms with Crippen molar-refractivity contribution in [3.8, 4) is 0 Å². The summed E-state index contributed by atoms with van der Waals surface area (Å²) in [6, 6.07) is 0. The van der Waals surface area contributed by atoms with Gasteiger partial charge in [-0.15, -0.1) is 0 Å². The fraction of sp³-hybridized carbons (Fsp3) is 0.900. The van der Waals surface area contributed by atoms with Crippen molar-refractivity contribution in [3.63, 3.8) is 0 Å². The van der Waals surface area contributed by atoms with Crippen molar-refractivity contribution >= 4 is 16.0 Å². The lowest BCUT2D eigenvalue weighted by atomic mass is 9.97. The Morgan fingerprint density at radius 3 is 2.28 bits per heavy atom. The molecule has 0 aromatic heterocycles. The number of oxime groups is 1. The first-order valence-electron chi connectivity index (χ1n) is 6.20. The lowest BCUT2D eigenvalue weighted by Crippen LogP contribution is -2.48. The van der Waals surface area contributed by atoms with Crippen LogP contribution >= 0.6 is 0 Å². The molecule has 0 bridgehead atoms. The summed E-state index contributed by atoms with van der Waals surface area (Å²) in [5.74, 6) is 0.160. The summed E-state index contributed by atoms with van der Waals surface area (Å²) in [6.45, 7) is 5.42. The molecule has 0 atom stereocenters. The van der Waals surface area contributed by atoms with E-state index in [9.17, 15) is 8.42 Å². The van der Waals surface area contributed by atoms with E-state index in [-0.39, 0.29) is 11.8 Å². The molecule has 8 heteroatoms. The number of amidine groups is 1. The number of nitrogens with zero attached hydrogens (tertiary/aromatic N) is 3. The van der Waals surface area contributed by atoms with Gasteiger partial charge in [0.1, 0.15) is 5.84 Å². The van der Waals surface area contributed by atoms with Crippen LogP contribution in [0.3, 0.4) is 0 Å². The molecule has 3 N–H and O–H groups in total. The standard InChI is InChI=1S/C10H22N4O3S/c1-3-13(4-2)18(16,17)14-7-5-9(6-8-14)10(11)12-15/h9,15H,3-8H2,1-2H3,(H2,11,12). The highest BCUT2D eigenvalue weighted by Gasteiger charge is 2.32. The van der Waals surface area contributed by atoms with Gasteiger partial charge < -0.3 is 10.9 Å². The van der Waals surface area contributed by atoms with Gasteiger partial charge in [-0.05, 0) is 12.8 Å². The summed E-state index contributed by atoms with van der Waals surface area (Å²) < 4.78 is 27.4. The van der Waals surface area contributed by atoms with Gasteiger partial charge in [0.05, 0.1) is 0 Å². The molecule has 1 saturated heterocycles. The molecule has 0 aromatic rings. The Morgan fingerprint density at radius 2 is 1.89 bits per heavy atom. The number of rotatable bonds is 5. The van der Waals surface area contributed by atoms with E-state index in [2.05, 4.69) is 5.16 Å². The van der Waals surface area contributed by atoms with E-state index in [1.54, 1.807) is 0 Å². The molecule has 1 heterocycles. The summed E-state index contributed by atoms with van der Waals surface area (Å²) >= 11 is 0. The molecule has 0 amide bonds. The second-order valence-electron chi connectivity index (χ2n) is 4.29. The van der Waals surface area contributed by atoms with Crippen LogP contribution in [0.1, 0.15) is 26.7 Å². The fourth-order valence-electron chi connectivity index (χ4n) is 2.18. The van der Waals surface area contributed by atoms with Gasteiger partial charge >= 0.3 is 0 Å². The molecule has 1 rings (SSSR count). The lowest BCUT2D eigenvalue weighted by molar-refractivity contribution is 0.276. The van der Waals surface area contributed by atoms with Gasteiger partial charge in [0.25, 0.3) is 10.2 Å². The lowest BCUT2D eigenvalue weighted by Gasteiger charge is -2.33. The minimum Gasteiger partial charge on any atom is -0.409 e. The Morgan fingerprint density at radius 1 is 1.39 bits per heavy atom. The van der Waals surface area contributed by atoms with E-state index < -0.39 is 10.2 Å². The first-order chi connectivity index (χ1) is 8.47. The molecule has 0 aliphatic carbocycles. The van der Waals surface area contributed by atoms with Crippen LogP contribution < -0.4 is 5.73 Å².